The van der Waals surface area contributed by atoms with Gasteiger partial charge in [-0.05, 0) is 79.9 Å². The van der Waals surface area contributed by atoms with E-state index in [1.54, 1.807) is 6.07 Å². The number of carbonyl (C=O) groups is 2. The molecule has 0 saturated heterocycles. The normalized spacial score (nSPS) is 12.6. The van der Waals surface area contributed by atoms with Gasteiger partial charge >= 0.3 is 29.9 Å². The van der Waals surface area contributed by atoms with E-state index < -0.39 is 43.1 Å². The van der Waals surface area contributed by atoms with E-state index in [4.69, 9.17) is 9.84 Å². The fourth-order valence-corrected chi connectivity index (χ4v) is 4.04. The third kappa shape index (κ3) is 5.96. The summed E-state index contributed by atoms with van der Waals surface area (Å²) in [7, 11) is 0. The highest BCUT2D eigenvalue weighted by atomic mass is 127. The predicted octanol–water partition coefficient (Wildman–Crippen LogP) is 4.45. The Morgan fingerprint density at radius 1 is 0.929 bits per heavy atom. The van der Waals surface area contributed by atoms with Crippen molar-refractivity contribution in [3.63, 3.8) is 0 Å². The third-order valence-electron chi connectivity index (χ3n) is 3.08. The Bertz CT molecular complexity index is 736. The minimum absolute atomic E-state index is 0.234. The number of carbonyl (C=O) groups excluding carboxylic acids is 2. The molecule has 0 saturated carbocycles. The molecule has 1 aromatic rings. The van der Waals surface area contributed by atoms with Crippen LogP contribution in [0.25, 0.3) is 0 Å². The van der Waals surface area contributed by atoms with E-state index in [1.165, 1.54) is 0 Å². The average Bonchev–Trinajstić information content (AvgIpc) is 2.54. The molecule has 14 heteroatoms. The van der Waals surface area contributed by atoms with Crippen LogP contribution in [0.5, 0.6) is 0 Å². The molecule has 1 N–H and O–H groups in total. The van der Waals surface area contributed by atoms with Gasteiger partial charge in [0.2, 0.25) is 0 Å². The lowest BCUT2D eigenvalue weighted by atomic mass is 10.0. The summed E-state index contributed by atoms with van der Waals surface area (Å²) in [6.45, 7) is -1.36. The zero-order valence-corrected chi connectivity index (χ0v) is 19.7. The van der Waals surface area contributed by atoms with Crippen LogP contribution >= 0.6 is 67.8 Å². The zero-order valence-electron chi connectivity index (χ0n) is 13.3. The van der Waals surface area contributed by atoms with E-state index in [0.717, 1.165) is 7.14 Å². The Labute approximate surface area is 194 Å². The van der Waals surface area contributed by atoms with E-state index in [-0.39, 0.29) is 12.0 Å². The molecule has 0 amide bonds. The van der Waals surface area contributed by atoms with Crippen LogP contribution in [0.4, 0.5) is 26.3 Å². The summed E-state index contributed by atoms with van der Waals surface area (Å²) in [6.07, 6.45) is -13.0. The minimum Gasteiger partial charge on any atom is -0.463 e. The molecule has 0 spiro atoms. The van der Waals surface area contributed by atoms with Crippen LogP contribution in [0.3, 0.4) is 0 Å². The van der Waals surface area contributed by atoms with Gasteiger partial charge in [0.15, 0.2) is 0 Å². The van der Waals surface area contributed by atoms with Crippen LogP contribution in [0.2, 0.25) is 0 Å². The summed E-state index contributed by atoms with van der Waals surface area (Å²) in [6, 6.07) is 3.35. The SMILES string of the molecule is O=C(OCCCOC(=O)C(O)(C(F)(F)F)C(F)(F)F)c1cc(I)cc(I)c1I. The first-order valence-electron chi connectivity index (χ1n) is 6.97. The molecule has 0 aliphatic rings. The molecule has 158 valence electrons. The monoisotopic (exact) mass is 752 g/mol. The molecule has 1 rings (SSSR count). The number of benzene rings is 1. The van der Waals surface area contributed by atoms with Gasteiger partial charge in [-0.15, -0.1) is 0 Å². The highest BCUT2D eigenvalue weighted by molar-refractivity contribution is 14.1. The van der Waals surface area contributed by atoms with Gasteiger partial charge < -0.3 is 14.6 Å². The molecule has 0 bridgehead atoms. The Kier molecular flexibility index (Phi) is 9.07. The molecule has 5 nitrogen and oxygen atoms in total. The van der Waals surface area contributed by atoms with Crippen molar-refractivity contribution >= 4 is 79.7 Å². The summed E-state index contributed by atoms with van der Waals surface area (Å²) in [5, 5.41) is 8.82. The third-order valence-corrected chi connectivity index (χ3v) is 6.75. The van der Waals surface area contributed by atoms with E-state index in [2.05, 4.69) is 4.74 Å². The molecule has 0 heterocycles. The van der Waals surface area contributed by atoms with Crippen LogP contribution in [0, 0.1) is 10.7 Å². The van der Waals surface area contributed by atoms with Crippen molar-refractivity contribution in [2.45, 2.75) is 24.4 Å². The van der Waals surface area contributed by atoms with Gasteiger partial charge in [0.25, 0.3) is 0 Å². The summed E-state index contributed by atoms with van der Waals surface area (Å²) >= 11 is 5.90. The molecule has 1 aromatic carbocycles. The van der Waals surface area contributed by atoms with Gasteiger partial charge in [-0.2, -0.15) is 26.3 Å². The minimum atomic E-state index is -6.31. The number of halogens is 9. The van der Waals surface area contributed by atoms with Crippen LogP contribution in [0.15, 0.2) is 12.1 Å². The molecule has 0 radical (unpaired) electrons. The lowest BCUT2D eigenvalue weighted by Gasteiger charge is -2.29. The van der Waals surface area contributed by atoms with Crippen molar-refractivity contribution in [1.29, 1.82) is 0 Å². The molecule has 0 atom stereocenters. The largest absolute Gasteiger partial charge is 0.463 e. The van der Waals surface area contributed by atoms with Crippen molar-refractivity contribution < 1.29 is 50.5 Å². The van der Waals surface area contributed by atoms with Crippen molar-refractivity contribution in [3.05, 3.63) is 28.4 Å². The first-order valence-corrected chi connectivity index (χ1v) is 10.2. The van der Waals surface area contributed by atoms with E-state index >= 15 is 0 Å². The van der Waals surface area contributed by atoms with Gasteiger partial charge in [-0.3, -0.25) is 0 Å². The van der Waals surface area contributed by atoms with E-state index in [0.29, 0.717) is 3.57 Å². The standard InChI is InChI=1S/C14H9F6I3O5/c15-13(16,17)12(26,14(18,19)20)11(25)28-3-1-2-27-10(24)7-4-6(21)5-8(22)9(7)23/h4-5,26H,1-3H2. The van der Waals surface area contributed by atoms with Crippen LogP contribution in [-0.2, 0) is 14.3 Å². The van der Waals surface area contributed by atoms with E-state index in [1.807, 2.05) is 73.8 Å². The number of ether oxygens (including phenoxy) is 2. The number of alkyl halides is 6. The number of hydrogen-bond donors (Lipinski definition) is 1. The maximum atomic E-state index is 12.5. The van der Waals surface area contributed by atoms with Crippen molar-refractivity contribution in [2.75, 3.05) is 13.2 Å². The van der Waals surface area contributed by atoms with Crippen LogP contribution in [-0.4, -0.2) is 48.2 Å². The van der Waals surface area contributed by atoms with Gasteiger partial charge in [0, 0.05) is 17.1 Å². The fourth-order valence-electron chi connectivity index (χ4n) is 1.67. The Hall–Kier alpha value is -0.110. The molecule has 28 heavy (non-hydrogen) atoms. The predicted molar refractivity (Wildman–Crippen MR) is 108 cm³/mol. The van der Waals surface area contributed by atoms with E-state index in [9.17, 15) is 35.9 Å². The van der Waals surface area contributed by atoms with Crippen LogP contribution < -0.4 is 0 Å². The summed E-state index contributed by atoms with van der Waals surface area (Å²) < 4.78 is 85.8. The Morgan fingerprint density at radius 2 is 1.43 bits per heavy atom. The smallest absolute Gasteiger partial charge is 0.437 e. The van der Waals surface area contributed by atoms with Gasteiger partial charge in [-0.25, -0.2) is 9.59 Å². The highest BCUT2D eigenvalue weighted by Gasteiger charge is 2.76. The Morgan fingerprint density at radius 3 is 1.93 bits per heavy atom. The summed E-state index contributed by atoms with van der Waals surface area (Å²) in [4.78, 5) is 23.2. The van der Waals surface area contributed by atoms with Crippen LogP contribution in [0.1, 0.15) is 16.8 Å². The second-order valence-corrected chi connectivity index (χ2v) is 8.57. The number of hydrogen-bond acceptors (Lipinski definition) is 5. The van der Waals surface area contributed by atoms with Crippen molar-refractivity contribution in [2.24, 2.45) is 0 Å². The fraction of sp³-hybridized carbons (Fsp3) is 0.429. The lowest BCUT2D eigenvalue weighted by molar-refractivity contribution is -0.356. The van der Waals surface area contributed by atoms with Gasteiger partial charge in [-0.1, -0.05) is 0 Å². The zero-order chi connectivity index (χ0) is 21.9. The van der Waals surface area contributed by atoms with Gasteiger partial charge in [0.1, 0.15) is 0 Å². The molecular weight excluding hydrogens is 743 g/mol. The maximum absolute atomic E-state index is 12.5. The summed E-state index contributed by atoms with van der Waals surface area (Å²) in [5.41, 5.74) is -5.40. The van der Waals surface area contributed by atoms with Gasteiger partial charge in [0.05, 0.1) is 18.8 Å². The van der Waals surface area contributed by atoms with Crippen molar-refractivity contribution in [3.8, 4) is 0 Å². The summed E-state index contributed by atoms with van der Waals surface area (Å²) in [5.74, 6) is -3.66. The van der Waals surface area contributed by atoms with Crippen molar-refractivity contribution in [1.82, 2.24) is 0 Å². The quantitative estimate of drug-likeness (QED) is 0.153. The number of aliphatic hydroxyl groups is 1. The molecule has 0 aliphatic heterocycles. The highest BCUT2D eigenvalue weighted by Crippen LogP contribution is 2.43. The molecule has 0 aliphatic carbocycles. The maximum Gasteiger partial charge on any atom is 0.437 e. The first-order chi connectivity index (χ1) is 12.6. The molecule has 0 aromatic heterocycles. The molecule has 0 fully saturated rings. The first kappa shape index (κ1) is 25.9. The second-order valence-electron chi connectivity index (χ2n) is 5.08. The average molecular weight is 752 g/mol. The topological polar surface area (TPSA) is 72.8 Å². The Balaban J connectivity index is 2.62. The number of esters is 2. The lowest BCUT2D eigenvalue weighted by Crippen LogP contribution is -2.63. The second kappa shape index (κ2) is 9.80. The number of rotatable bonds is 6. The molecular formula is C14H9F6I3O5. The molecule has 0 unspecified atom stereocenters.